The molecule has 1 saturated carbocycles. The molecule has 1 atom stereocenters. The van der Waals surface area contributed by atoms with Gasteiger partial charge in [0.15, 0.2) is 5.82 Å². The third-order valence-electron chi connectivity index (χ3n) is 5.76. The molecule has 4 rings (SSSR count). The van der Waals surface area contributed by atoms with E-state index in [1.807, 2.05) is 24.3 Å². The minimum Gasteiger partial charge on any atom is -0.335 e. The quantitative estimate of drug-likeness (QED) is 0.824. The number of benzene rings is 1. The predicted molar refractivity (Wildman–Crippen MR) is 108 cm³/mol. The van der Waals surface area contributed by atoms with Gasteiger partial charge in [-0.1, -0.05) is 31.4 Å². The molecule has 1 aromatic heterocycles. The van der Waals surface area contributed by atoms with Crippen molar-refractivity contribution in [1.29, 1.82) is 0 Å². The third-order valence-corrected chi connectivity index (χ3v) is 5.76. The van der Waals surface area contributed by atoms with Gasteiger partial charge in [-0.2, -0.15) is 0 Å². The van der Waals surface area contributed by atoms with Crippen LogP contribution in [-0.4, -0.2) is 55.7 Å². The van der Waals surface area contributed by atoms with Crippen LogP contribution in [0, 0.1) is 0 Å². The van der Waals surface area contributed by atoms with Crippen LogP contribution in [0.3, 0.4) is 0 Å². The first-order valence-electron chi connectivity index (χ1n) is 10.3. The van der Waals surface area contributed by atoms with Crippen LogP contribution in [0.15, 0.2) is 24.3 Å². The molecule has 0 bridgehead atoms. The highest BCUT2D eigenvalue weighted by Gasteiger charge is 2.35. The summed E-state index contributed by atoms with van der Waals surface area (Å²) in [6, 6.07) is 7.07. The first-order chi connectivity index (χ1) is 14.1. The van der Waals surface area contributed by atoms with Crippen LogP contribution >= 0.6 is 0 Å². The molecule has 1 aromatic carbocycles. The lowest BCUT2D eigenvalue weighted by molar-refractivity contribution is -0.119. The molecule has 2 fully saturated rings. The van der Waals surface area contributed by atoms with Gasteiger partial charge < -0.3 is 15.5 Å². The summed E-state index contributed by atoms with van der Waals surface area (Å²) in [7, 11) is 1.77. The van der Waals surface area contributed by atoms with Gasteiger partial charge in [0.1, 0.15) is 6.04 Å². The Balaban J connectivity index is 1.41. The zero-order valence-electron chi connectivity index (χ0n) is 16.7. The number of amides is 3. The maximum Gasteiger partial charge on any atom is 0.318 e. The van der Waals surface area contributed by atoms with E-state index < -0.39 is 6.04 Å². The molecule has 2 N–H and O–H groups in total. The van der Waals surface area contributed by atoms with Crippen molar-refractivity contribution in [2.75, 3.05) is 11.9 Å². The van der Waals surface area contributed by atoms with Gasteiger partial charge in [0.05, 0.1) is 0 Å². The highest BCUT2D eigenvalue weighted by atomic mass is 16.2. The summed E-state index contributed by atoms with van der Waals surface area (Å²) in [5.41, 5.74) is 1.48. The van der Waals surface area contributed by atoms with E-state index in [4.69, 9.17) is 0 Å². The Kier molecular flexibility index (Phi) is 5.73. The van der Waals surface area contributed by atoms with Crippen LogP contribution in [-0.2, 0) is 11.8 Å². The molecule has 0 spiro atoms. The number of nitrogens with one attached hydrogen (secondary N) is 2. The summed E-state index contributed by atoms with van der Waals surface area (Å²) < 4.78 is 1.58. The fourth-order valence-corrected chi connectivity index (χ4v) is 4.22. The molecular formula is C20H27N7O2. The smallest absolute Gasteiger partial charge is 0.318 e. The Morgan fingerprint density at radius 1 is 1.10 bits per heavy atom. The summed E-state index contributed by atoms with van der Waals surface area (Å²) in [4.78, 5) is 27.3. The van der Waals surface area contributed by atoms with Gasteiger partial charge >= 0.3 is 6.03 Å². The molecule has 1 saturated heterocycles. The van der Waals surface area contributed by atoms with E-state index in [1.54, 1.807) is 16.6 Å². The molecule has 2 aromatic rings. The molecule has 3 amide bonds. The second-order valence-corrected chi connectivity index (χ2v) is 7.83. The average molecular weight is 397 g/mol. The monoisotopic (exact) mass is 397 g/mol. The van der Waals surface area contributed by atoms with Crippen LogP contribution < -0.4 is 10.6 Å². The molecular weight excluding hydrogens is 370 g/mol. The van der Waals surface area contributed by atoms with E-state index in [9.17, 15) is 9.59 Å². The number of aromatic nitrogens is 4. The first-order valence-corrected chi connectivity index (χ1v) is 10.3. The molecule has 0 radical (unpaired) electrons. The van der Waals surface area contributed by atoms with Gasteiger partial charge in [-0.05, 0) is 48.2 Å². The van der Waals surface area contributed by atoms with Crippen LogP contribution in [0.2, 0.25) is 0 Å². The van der Waals surface area contributed by atoms with E-state index >= 15 is 0 Å². The Labute approximate surface area is 169 Å². The third kappa shape index (κ3) is 4.38. The second kappa shape index (κ2) is 8.59. The SMILES string of the molecule is Cn1nnnc1-c1cccc(NC(=O)C2CCCN2C(=O)NC2CCCCC2)c1. The summed E-state index contributed by atoms with van der Waals surface area (Å²) in [6.45, 7) is 0.612. The van der Waals surface area contributed by atoms with Crippen LogP contribution in [0.25, 0.3) is 11.4 Å². The highest BCUT2D eigenvalue weighted by molar-refractivity contribution is 5.97. The number of urea groups is 1. The number of hydrogen-bond donors (Lipinski definition) is 2. The lowest BCUT2D eigenvalue weighted by atomic mass is 9.96. The number of anilines is 1. The van der Waals surface area contributed by atoms with Crippen molar-refractivity contribution in [2.24, 2.45) is 7.05 Å². The first kappa shape index (κ1) is 19.4. The Hall–Kier alpha value is -2.97. The fraction of sp³-hybridized carbons (Fsp3) is 0.550. The highest BCUT2D eigenvalue weighted by Crippen LogP contribution is 2.23. The number of likely N-dealkylation sites (tertiary alicyclic amines) is 1. The summed E-state index contributed by atoms with van der Waals surface area (Å²) >= 11 is 0. The van der Waals surface area contributed by atoms with Crippen molar-refractivity contribution >= 4 is 17.6 Å². The van der Waals surface area contributed by atoms with Crippen molar-refractivity contribution in [3.05, 3.63) is 24.3 Å². The summed E-state index contributed by atoms with van der Waals surface area (Å²) in [5.74, 6) is 0.463. The molecule has 2 heterocycles. The van der Waals surface area contributed by atoms with E-state index in [-0.39, 0.29) is 18.0 Å². The number of tetrazole rings is 1. The number of carbonyl (C=O) groups excluding carboxylic acids is 2. The number of nitrogens with zero attached hydrogens (tertiary/aromatic N) is 5. The van der Waals surface area contributed by atoms with E-state index in [0.29, 0.717) is 24.5 Å². The standard InChI is InChI=1S/C20H27N7O2/c1-26-18(23-24-25-26)14-7-5-10-16(13-14)21-19(28)17-11-6-12-27(17)20(29)22-15-8-3-2-4-9-15/h5,7,10,13,15,17H,2-4,6,8-9,11-12H2,1H3,(H,21,28)(H,22,29). The molecule has 154 valence electrons. The van der Waals surface area contributed by atoms with Gasteiger partial charge in [0.25, 0.3) is 0 Å². The Morgan fingerprint density at radius 2 is 1.93 bits per heavy atom. The topological polar surface area (TPSA) is 105 Å². The van der Waals surface area contributed by atoms with Gasteiger partial charge in [0, 0.05) is 30.9 Å². The minimum atomic E-state index is -0.446. The molecule has 9 heteroatoms. The summed E-state index contributed by atoms with van der Waals surface area (Å²) in [6.07, 6.45) is 7.13. The number of hydrogen-bond acceptors (Lipinski definition) is 5. The van der Waals surface area contributed by atoms with Crippen molar-refractivity contribution in [2.45, 2.75) is 57.0 Å². The molecule has 1 aliphatic carbocycles. The van der Waals surface area contributed by atoms with Gasteiger partial charge in [-0.3, -0.25) is 4.79 Å². The van der Waals surface area contributed by atoms with Gasteiger partial charge in [-0.15, -0.1) is 5.10 Å². The van der Waals surface area contributed by atoms with Crippen molar-refractivity contribution in [1.82, 2.24) is 30.4 Å². The zero-order valence-corrected chi connectivity index (χ0v) is 16.7. The molecule has 1 unspecified atom stereocenters. The normalized spacial score (nSPS) is 19.9. The lowest BCUT2D eigenvalue weighted by Gasteiger charge is -2.29. The largest absolute Gasteiger partial charge is 0.335 e. The average Bonchev–Trinajstić information content (AvgIpc) is 3.38. The fourth-order valence-electron chi connectivity index (χ4n) is 4.22. The Morgan fingerprint density at radius 3 is 2.69 bits per heavy atom. The maximum atomic E-state index is 12.9. The van der Waals surface area contributed by atoms with E-state index in [1.165, 1.54) is 6.42 Å². The number of aryl methyl sites for hydroxylation is 1. The van der Waals surface area contributed by atoms with Crippen LogP contribution in [0.5, 0.6) is 0 Å². The van der Waals surface area contributed by atoms with Crippen molar-refractivity contribution in [3.8, 4) is 11.4 Å². The van der Waals surface area contributed by atoms with Crippen LogP contribution in [0.1, 0.15) is 44.9 Å². The molecule has 1 aliphatic heterocycles. The van der Waals surface area contributed by atoms with Crippen molar-refractivity contribution < 1.29 is 9.59 Å². The Bertz CT molecular complexity index is 875. The minimum absolute atomic E-state index is 0.117. The van der Waals surface area contributed by atoms with Crippen molar-refractivity contribution in [3.63, 3.8) is 0 Å². The number of rotatable bonds is 4. The van der Waals surface area contributed by atoms with E-state index in [0.717, 1.165) is 37.7 Å². The number of carbonyl (C=O) groups is 2. The summed E-state index contributed by atoms with van der Waals surface area (Å²) in [5, 5.41) is 17.6. The van der Waals surface area contributed by atoms with Gasteiger partial charge in [0.2, 0.25) is 5.91 Å². The second-order valence-electron chi connectivity index (χ2n) is 7.83. The molecule has 2 aliphatic rings. The van der Waals surface area contributed by atoms with Gasteiger partial charge in [-0.25, -0.2) is 9.48 Å². The maximum absolute atomic E-state index is 12.9. The predicted octanol–water partition coefficient (Wildman–Crippen LogP) is 2.32. The molecule has 29 heavy (non-hydrogen) atoms. The lowest BCUT2D eigenvalue weighted by Crippen LogP contribution is -2.50. The van der Waals surface area contributed by atoms with Crippen LogP contribution in [0.4, 0.5) is 10.5 Å². The molecule has 9 nitrogen and oxygen atoms in total. The van der Waals surface area contributed by atoms with E-state index in [2.05, 4.69) is 26.2 Å². The zero-order chi connectivity index (χ0) is 20.2.